The summed E-state index contributed by atoms with van der Waals surface area (Å²) in [6, 6.07) is 1.96. The van der Waals surface area contributed by atoms with Gasteiger partial charge in [0, 0.05) is 18.3 Å². The van der Waals surface area contributed by atoms with Crippen LogP contribution in [-0.4, -0.2) is 9.97 Å². The molecule has 0 atom stereocenters. The fourth-order valence-electron chi connectivity index (χ4n) is 0.990. The number of nitrogens with zero attached hydrogens (tertiary/aromatic N) is 2. The number of aromatic nitrogens is 2. The Labute approximate surface area is 73.4 Å². The molecule has 0 aromatic carbocycles. The first-order valence-corrected chi connectivity index (χ1v) is 4.28. The third-order valence-corrected chi connectivity index (χ3v) is 1.70. The van der Waals surface area contributed by atoms with Gasteiger partial charge in [-0.2, -0.15) is 0 Å². The Morgan fingerprint density at radius 1 is 1.58 bits per heavy atom. The van der Waals surface area contributed by atoms with Crippen molar-refractivity contribution in [2.24, 2.45) is 0 Å². The Morgan fingerprint density at radius 2 is 2.42 bits per heavy atom. The molecule has 1 aromatic heterocycles. The lowest BCUT2D eigenvalue weighted by Crippen LogP contribution is -1.97. The van der Waals surface area contributed by atoms with Gasteiger partial charge >= 0.3 is 0 Å². The highest BCUT2D eigenvalue weighted by Gasteiger charge is 1.95. The largest absolute Gasteiger partial charge is 0.241 e. The maximum Gasteiger partial charge on any atom is 0.128 e. The Kier molecular flexibility index (Phi) is 3.45. The van der Waals surface area contributed by atoms with Gasteiger partial charge in [-0.3, -0.25) is 0 Å². The molecule has 0 fully saturated rings. The minimum absolute atomic E-state index is 0.900. The molecule has 1 aromatic rings. The zero-order valence-corrected chi connectivity index (χ0v) is 7.45. The van der Waals surface area contributed by atoms with Crippen LogP contribution in [0.4, 0.5) is 0 Å². The molecule has 0 aliphatic carbocycles. The topological polar surface area (TPSA) is 25.8 Å². The van der Waals surface area contributed by atoms with E-state index in [2.05, 4.69) is 23.5 Å². The van der Waals surface area contributed by atoms with Crippen molar-refractivity contribution < 1.29 is 0 Å². The second kappa shape index (κ2) is 4.65. The minimum Gasteiger partial charge on any atom is -0.241 e. The number of hydrogen-bond acceptors (Lipinski definition) is 2. The van der Waals surface area contributed by atoms with Gasteiger partial charge < -0.3 is 0 Å². The van der Waals surface area contributed by atoms with E-state index in [1.54, 1.807) is 0 Å². The van der Waals surface area contributed by atoms with Gasteiger partial charge in [0.25, 0.3) is 0 Å². The zero-order valence-electron chi connectivity index (χ0n) is 7.45. The van der Waals surface area contributed by atoms with Crippen LogP contribution in [0.15, 0.2) is 24.9 Å². The maximum atomic E-state index is 4.37. The SMILES string of the molecule is C=CCCc1nccc(CC)n1. The molecule has 1 rings (SSSR count). The number of hydrogen-bond donors (Lipinski definition) is 0. The third-order valence-electron chi connectivity index (χ3n) is 1.70. The van der Waals surface area contributed by atoms with Gasteiger partial charge in [-0.15, -0.1) is 6.58 Å². The van der Waals surface area contributed by atoms with Crippen LogP contribution in [0.25, 0.3) is 0 Å². The number of allylic oxidation sites excluding steroid dienone is 1. The van der Waals surface area contributed by atoms with Crippen molar-refractivity contribution in [3.8, 4) is 0 Å². The Bertz CT molecular complexity index is 256. The summed E-state index contributed by atoms with van der Waals surface area (Å²) in [5.41, 5.74) is 1.11. The molecule has 0 aliphatic rings. The lowest BCUT2D eigenvalue weighted by atomic mass is 10.2. The Hall–Kier alpha value is -1.18. The molecular formula is C10H14N2. The highest BCUT2D eigenvalue weighted by atomic mass is 14.9. The zero-order chi connectivity index (χ0) is 8.81. The van der Waals surface area contributed by atoms with Crippen LogP contribution >= 0.6 is 0 Å². The van der Waals surface area contributed by atoms with E-state index < -0.39 is 0 Å². The van der Waals surface area contributed by atoms with Gasteiger partial charge in [0.1, 0.15) is 5.82 Å². The van der Waals surface area contributed by atoms with E-state index >= 15 is 0 Å². The molecule has 0 radical (unpaired) electrons. The lowest BCUT2D eigenvalue weighted by Gasteiger charge is -1.98. The fourth-order valence-corrected chi connectivity index (χ4v) is 0.990. The van der Waals surface area contributed by atoms with Gasteiger partial charge in [-0.05, 0) is 18.9 Å². The van der Waals surface area contributed by atoms with Crippen LogP contribution in [0.3, 0.4) is 0 Å². The van der Waals surface area contributed by atoms with E-state index in [0.29, 0.717) is 0 Å². The first-order chi connectivity index (χ1) is 5.86. The highest BCUT2D eigenvalue weighted by molar-refractivity contribution is 5.02. The van der Waals surface area contributed by atoms with Gasteiger partial charge in [0.05, 0.1) is 0 Å². The first-order valence-electron chi connectivity index (χ1n) is 4.28. The summed E-state index contributed by atoms with van der Waals surface area (Å²) in [5, 5.41) is 0. The average molecular weight is 162 g/mol. The predicted octanol–water partition coefficient (Wildman–Crippen LogP) is 2.16. The van der Waals surface area contributed by atoms with Crippen molar-refractivity contribution in [1.29, 1.82) is 0 Å². The van der Waals surface area contributed by atoms with Crippen LogP contribution in [0.2, 0.25) is 0 Å². The molecule has 0 N–H and O–H groups in total. The molecule has 0 bridgehead atoms. The summed E-state index contributed by atoms with van der Waals surface area (Å²) in [5.74, 6) is 0.925. The molecule has 2 heteroatoms. The molecule has 0 unspecified atom stereocenters. The summed E-state index contributed by atoms with van der Waals surface area (Å²) in [6.07, 6.45) is 6.54. The molecule has 64 valence electrons. The quantitative estimate of drug-likeness (QED) is 0.634. The monoisotopic (exact) mass is 162 g/mol. The summed E-state index contributed by atoms with van der Waals surface area (Å²) in [6.45, 7) is 5.76. The van der Waals surface area contributed by atoms with Gasteiger partial charge in [0.2, 0.25) is 0 Å². The van der Waals surface area contributed by atoms with E-state index in [0.717, 1.165) is 30.8 Å². The normalized spacial score (nSPS) is 9.75. The molecule has 12 heavy (non-hydrogen) atoms. The molecule has 0 saturated heterocycles. The van der Waals surface area contributed by atoms with Crippen molar-refractivity contribution in [2.45, 2.75) is 26.2 Å². The standard InChI is InChI=1S/C10H14N2/c1-3-5-6-10-11-8-7-9(4-2)12-10/h3,7-8H,1,4-6H2,2H3. The van der Waals surface area contributed by atoms with Crippen molar-refractivity contribution in [3.63, 3.8) is 0 Å². The van der Waals surface area contributed by atoms with Crippen LogP contribution in [-0.2, 0) is 12.8 Å². The van der Waals surface area contributed by atoms with Crippen LogP contribution in [0.5, 0.6) is 0 Å². The summed E-state index contributed by atoms with van der Waals surface area (Å²) >= 11 is 0. The molecule has 0 aliphatic heterocycles. The van der Waals surface area contributed by atoms with Crippen molar-refractivity contribution in [1.82, 2.24) is 9.97 Å². The predicted molar refractivity (Wildman–Crippen MR) is 49.9 cm³/mol. The van der Waals surface area contributed by atoms with Crippen molar-refractivity contribution in [3.05, 3.63) is 36.4 Å². The number of rotatable bonds is 4. The van der Waals surface area contributed by atoms with Crippen LogP contribution in [0.1, 0.15) is 24.9 Å². The molecule has 0 amide bonds. The van der Waals surface area contributed by atoms with Crippen molar-refractivity contribution in [2.75, 3.05) is 0 Å². The number of aryl methyl sites for hydroxylation is 2. The Morgan fingerprint density at radius 3 is 3.08 bits per heavy atom. The van der Waals surface area contributed by atoms with E-state index in [-0.39, 0.29) is 0 Å². The fraction of sp³-hybridized carbons (Fsp3) is 0.400. The van der Waals surface area contributed by atoms with Crippen LogP contribution in [0, 0.1) is 0 Å². The summed E-state index contributed by atoms with van der Waals surface area (Å²) in [4.78, 5) is 8.54. The summed E-state index contributed by atoms with van der Waals surface area (Å²) in [7, 11) is 0. The summed E-state index contributed by atoms with van der Waals surface area (Å²) < 4.78 is 0. The highest BCUT2D eigenvalue weighted by Crippen LogP contribution is 1.99. The molecule has 1 heterocycles. The molecular weight excluding hydrogens is 148 g/mol. The third kappa shape index (κ3) is 2.46. The smallest absolute Gasteiger partial charge is 0.128 e. The molecule has 2 nitrogen and oxygen atoms in total. The minimum atomic E-state index is 0.900. The van der Waals surface area contributed by atoms with E-state index in [1.165, 1.54) is 0 Å². The second-order valence-corrected chi connectivity index (χ2v) is 2.65. The first kappa shape index (κ1) is 8.91. The van der Waals surface area contributed by atoms with Gasteiger partial charge in [-0.25, -0.2) is 9.97 Å². The van der Waals surface area contributed by atoms with E-state index in [9.17, 15) is 0 Å². The van der Waals surface area contributed by atoms with Crippen LogP contribution < -0.4 is 0 Å². The van der Waals surface area contributed by atoms with Gasteiger partial charge in [-0.1, -0.05) is 13.0 Å². The lowest BCUT2D eigenvalue weighted by molar-refractivity contribution is 0.847. The molecule has 0 saturated carbocycles. The van der Waals surface area contributed by atoms with Gasteiger partial charge in [0.15, 0.2) is 0 Å². The van der Waals surface area contributed by atoms with E-state index in [1.807, 2.05) is 18.3 Å². The Balaban J connectivity index is 2.65. The maximum absolute atomic E-state index is 4.37. The molecule has 0 spiro atoms. The van der Waals surface area contributed by atoms with Crippen molar-refractivity contribution >= 4 is 0 Å². The van der Waals surface area contributed by atoms with E-state index in [4.69, 9.17) is 0 Å². The second-order valence-electron chi connectivity index (χ2n) is 2.65. The average Bonchev–Trinajstić information content (AvgIpc) is 2.15.